The molecule has 7 heteroatoms. The molecule has 2 rings (SSSR count). The van der Waals surface area contributed by atoms with Crippen molar-refractivity contribution < 1.29 is 4.79 Å². The number of aromatic nitrogens is 4. The third kappa shape index (κ3) is 2.05. The van der Waals surface area contributed by atoms with Gasteiger partial charge in [0, 0.05) is 0 Å². The zero-order valence-corrected chi connectivity index (χ0v) is 7.66. The number of amides is 1. The van der Waals surface area contributed by atoms with Gasteiger partial charge in [0.25, 0.3) is 5.95 Å². The molecule has 7 nitrogen and oxygen atoms in total. The second kappa shape index (κ2) is 4.14. The van der Waals surface area contributed by atoms with Gasteiger partial charge in [0.1, 0.15) is 0 Å². The van der Waals surface area contributed by atoms with Gasteiger partial charge in [-0.1, -0.05) is 11.5 Å². The minimum atomic E-state index is -0.123. The third-order valence-electron chi connectivity index (χ3n) is 2.21. The van der Waals surface area contributed by atoms with Crippen LogP contribution in [0.15, 0.2) is 0 Å². The summed E-state index contributed by atoms with van der Waals surface area (Å²) in [5, 5.41) is 18.6. The number of anilines is 1. The Morgan fingerprint density at radius 1 is 1.50 bits per heavy atom. The summed E-state index contributed by atoms with van der Waals surface area (Å²) in [7, 11) is 0. The summed E-state index contributed by atoms with van der Waals surface area (Å²) in [6.07, 6.45) is 3.08. The molecular weight excluding hydrogens is 184 g/mol. The standard InChI is InChI=1S/C7H12N6O/c14-6(5-3-1-2-4-8-5)9-7-10-12-13-11-7/h5,8H,1-4H2,(H2,9,10,11,12,13,14)/t5-/m1/s1. The fraction of sp³-hybridized carbons (Fsp3) is 0.714. The number of piperidine rings is 1. The van der Waals surface area contributed by atoms with Gasteiger partial charge in [-0.25, -0.2) is 0 Å². The maximum atomic E-state index is 11.6. The molecule has 1 fully saturated rings. The first-order valence-corrected chi connectivity index (χ1v) is 4.64. The fourth-order valence-corrected chi connectivity index (χ4v) is 1.49. The van der Waals surface area contributed by atoms with Crippen molar-refractivity contribution in [2.24, 2.45) is 0 Å². The van der Waals surface area contributed by atoms with Crippen LogP contribution < -0.4 is 10.6 Å². The minimum absolute atomic E-state index is 0.0916. The lowest BCUT2D eigenvalue weighted by molar-refractivity contribution is -0.118. The maximum Gasteiger partial charge on any atom is 0.269 e. The number of hydrogen-bond donors (Lipinski definition) is 3. The Balaban J connectivity index is 1.88. The second-order valence-electron chi connectivity index (χ2n) is 3.23. The average Bonchev–Trinajstić information content (AvgIpc) is 2.72. The van der Waals surface area contributed by atoms with Crippen molar-refractivity contribution in [3.05, 3.63) is 0 Å². The number of carbonyl (C=O) groups excluding carboxylic acids is 1. The zero-order valence-electron chi connectivity index (χ0n) is 7.66. The van der Waals surface area contributed by atoms with Gasteiger partial charge < -0.3 is 5.32 Å². The number of nitrogens with one attached hydrogen (secondary N) is 3. The maximum absolute atomic E-state index is 11.6. The van der Waals surface area contributed by atoms with E-state index >= 15 is 0 Å². The number of nitrogens with zero attached hydrogens (tertiary/aromatic N) is 3. The topological polar surface area (TPSA) is 95.6 Å². The summed E-state index contributed by atoms with van der Waals surface area (Å²) < 4.78 is 0. The predicted octanol–water partition coefficient (Wildman–Crippen LogP) is -0.720. The van der Waals surface area contributed by atoms with Gasteiger partial charge in [0.2, 0.25) is 5.91 Å². The molecule has 0 aliphatic carbocycles. The number of carbonyl (C=O) groups is 1. The number of tetrazole rings is 1. The molecule has 0 spiro atoms. The van der Waals surface area contributed by atoms with Gasteiger partial charge in [0.15, 0.2) is 0 Å². The highest BCUT2D eigenvalue weighted by Gasteiger charge is 2.21. The summed E-state index contributed by atoms with van der Waals surface area (Å²) in [4.78, 5) is 11.6. The van der Waals surface area contributed by atoms with Crippen molar-refractivity contribution in [2.45, 2.75) is 25.3 Å². The summed E-state index contributed by atoms with van der Waals surface area (Å²) in [6.45, 7) is 0.893. The zero-order chi connectivity index (χ0) is 9.80. The van der Waals surface area contributed by atoms with Crippen LogP contribution in [0.4, 0.5) is 5.95 Å². The van der Waals surface area contributed by atoms with Crippen LogP contribution in [-0.4, -0.2) is 39.1 Å². The van der Waals surface area contributed by atoms with E-state index < -0.39 is 0 Å². The van der Waals surface area contributed by atoms with Crippen LogP contribution in [0.1, 0.15) is 19.3 Å². The van der Waals surface area contributed by atoms with Crippen LogP contribution in [0.25, 0.3) is 0 Å². The molecule has 0 aromatic carbocycles. The van der Waals surface area contributed by atoms with Crippen LogP contribution in [0.3, 0.4) is 0 Å². The highest BCUT2D eigenvalue weighted by atomic mass is 16.2. The van der Waals surface area contributed by atoms with E-state index in [0.717, 1.165) is 25.8 Å². The second-order valence-corrected chi connectivity index (χ2v) is 3.23. The van der Waals surface area contributed by atoms with E-state index in [1.165, 1.54) is 0 Å². The van der Waals surface area contributed by atoms with E-state index in [-0.39, 0.29) is 17.9 Å². The number of aromatic amines is 1. The van der Waals surface area contributed by atoms with Gasteiger partial charge in [-0.3, -0.25) is 10.1 Å². The Hall–Kier alpha value is -1.50. The lowest BCUT2D eigenvalue weighted by atomic mass is 10.0. The van der Waals surface area contributed by atoms with Crippen molar-refractivity contribution in [3.63, 3.8) is 0 Å². The smallest absolute Gasteiger partial charge is 0.269 e. The summed E-state index contributed by atoms with van der Waals surface area (Å²) in [5.74, 6) is 0.133. The largest absolute Gasteiger partial charge is 0.306 e. The Morgan fingerprint density at radius 3 is 3.07 bits per heavy atom. The van der Waals surface area contributed by atoms with Crippen molar-refractivity contribution in [3.8, 4) is 0 Å². The fourth-order valence-electron chi connectivity index (χ4n) is 1.49. The molecule has 2 heterocycles. The molecule has 1 aromatic heterocycles. The Kier molecular flexibility index (Phi) is 2.68. The molecule has 1 aliphatic rings. The molecule has 0 unspecified atom stereocenters. The summed E-state index contributed by atoms with van der Waals surface area (Å²) in [6, 6.07) is -0.123. The van der Waals surface area contributed by atoms with Crippen molar-refractivity contribution in [1.29, 1.82) is 0 Å². The highest BCUT2D eigenvalue weighted by molar-refractivity contribution is 5.93. The Labute approximate surface area is 80.6 Å². The molecule has 1 saturated heterocycles. The van der Waals surface area contributed by atoms with E-state index in [1.807, 2.05) is 0 Å². The van der Waals surface area contributed by atoms with E-state index in [4.69, 9.17) is 0 Å². The highest BCUT2D eigenvalue weighted by Crippen LogP contribution is 2.08. The van der Waals surface area contributed by atoms with Crippen LogP contribution in [0.2, 0.25) is 0 Å². The quantitative estimate of drug-likeness (QED) is 0.580. The molecule has 0 bridgehead atoms. The predicted molar refractivity (Wildman–Crippen MR) is 48.4 cm³/mol. The summed E-state index contributed by atoms with van der Waals surface area (Å²) >= 11 is 0. The van der Waals surface area contributed by atoms with Gasteiger partial charge in [-0.15, -0.1) is 5.10 Å². The molecule has 3 N–H and O–H groups in total. The van der Waals surface area contributed by atoms with Crippen LogP contribution in [0, 0.1) is 0 Å². The van der Waals surface area contributed by atoms with Crippen LogP contribution >= 0.6 is 0 Å². The van der Waals surface area contributed by atoms with Gasteiger partial charge in [-0.2, -0.15) is 5.21 Å². The van der Waals surface area contributed by atoms with E-state index in [9.17, 15) is 4.79 Å². The molecule has 0 saturated carbocycles. The molecule has 76 valence electrons. The molecular formula is C7H12N6O. The first-order chi connectivity index (χ1) is 6.86. The Bertz CT molecular complexity index is 291. The van der Waals surface area contributed by atoms with E-state index in [0.29, 0.717) is 0 Å². The average molecular weight is 196 g/mol. The lowest BCUT2D eigenvalue weighted by Gasteiger charge is -2.21. The monoisotopic (exact) mass is 196 g/mol. The van der Waals surface area contributed by atoms with Crippen molar-refractivity contribution in [2.75, 3.05) is 11.9 Å². The van der Waals surface area contributed by atoms with Crippen LogP contribution in [0.5, 0.6) is 0 Å². The van der Waals surface area contributed by atoms with E-state index in [1.54, 1.807) is 0 Å². The molecule has 0 radical (unpaired) electrons. The SMILES string of the molecule is O=C(Nc1nn[nH]n1)[C@H]1CCCCN1. The van der Waals surface area contributed by atoms with Gasteiger partial charge in [0.05, 0.1) is 6.04 Å². The van der Waals surface area contributed by atoms with Gasteiger partial charge >= 0.3 is 0 Å². The normalized spacial score (nSPS) is 21.9. The lowest BCUT2D eigenvalue weighted by Crippen LogP contribution is -2.43. The number of H-pyrrole nitrogens is 1. The van der Waals surface area contributed by atoms with E-state index in [2.05, 4.69) is 31.3 Å². The van der Waals surface area contributed by atoms with Gasteiger partial charge in [-0.05, 0) is 24.6 Å². The first-order valence-electron chi connectivity index (χ1n) is 4.64. The van der Waals surface area contributed by atoms with Crippen LogP contribution in [-0.2, 0) is 4.79 Å². The minimum Gasteiger partial charge on any atom is -0.306 e. The molecule has 1 amide bonds. The number of rotatable bonds is 2. The molecule has 1 aromatic rings. The number of hydrogen-bond acceptors (Lipinski definition) is 5. The molecule has 14 heavy (non-hydrogen) atoms. The Morgan fingerprint density at radius 2 is 2.43 bits per heavy atom. The molecule has 1 aliphatic heterocycles. The molecule has 1 atom stereocenters. The third-order valence-corrected chi connectivity index (χ3v) is 2.21. The first kappa shape index (κ1) is 9.07. The van der Waals surface area contributed by atoms with Crippen molar-refractivity contribution in [1.82, 2.24) is 25.9 Å². The van der Waals surface area contributed by atoms with Crippen molar-refractivity contribution >= 4 is 11.9 Å². The summed E-state index contributed by atoms with van der Waals surface area (Å²) in [5.41, 5.74) is 0.